The lowest BCUT2D eigenvalue weighted by atomic mass is 10.0. The molecule has 2 heteroatoms. The van der Waals surface area contributed by atoms with E-state index in [0.717, 1.165) is 13.0 Å². The molecule has 1 aromatic heterocycles. The molecule has 21 heavy (non-hydrogen) atoms. The van der Waals surface area contributed by atoms with Crippen molar-refractivity contribution in [3.63, 3.8) is 0 Å². The number of pyridine rings is 1. The Bertz CT molecular complexity index is 324. The SMILES string of the molecule is CCCCCCCCCC(CCc1ccccn1)NCC. The zero-order chi connectivity index (χ0) is 15.2. The summed E-state index contributed by atoms with van der Waals surface area (Å²) in [6, 6.07) is 6.87. The number of aryl methyl sites for hydroxylation is 1. The summed E-state index contributed by atoms with van der Waals surface area (Å²) < 4.78 is 0. The van der Waals surface area contributed by atoms with Gasteiger partial charge < -0.3 is 5.32 Å². The Balaban J connectivity index is 2.12. The lowest BCUT2D eigenvalue weighted by Gasteiger charge is -2.17. The summed E-state index contributed by atoms with van der Waals surface area (Å²) in [6.45, 7) is 5.56. The molecule has 0 saturated heterocycles. The minimum Gasteiger partial charge on any atom is -0.314 e. The van der Waals surface area contributed by atoms with Crippen LogP contribution in [-0.4, -0.2) is 17.6 Å². The van der Waals surface area contributed by atoms with Gasteiger partial charge in [0, 0.05) is 17.9 Å². The molecule has 1 aromatic rings. The Morgan fingerprint density at radius 1 is 0.952 bits per heavy atom. The molecule has 0 aliphatic rings. The van der Waals surface area contributed by atoms with Gasteiger partial charge in [-0.3, -0.25) is 4.98 Å². The molecule has 1 atom stereocenters. The van der Waals surface area contributed by atoms with Gasteiger partial charge in [0.25, 0.3) is 0 Å². The summed E-state index contributed by atoms with van der Waals surface area (Å²) in [7, 11) is 0. The van der Waals surface area contributed by atoms with Crippen molar-refractivity contribution in [3.8, 4) is 0 Å². The number of hydrogen-bond acceptors (Lipinski definition) is 2. The first-order chi connectivity index (χ1) is 10.4. The Labute approximate surface area is 131 Å². The van der Waals surface area contributed by atoms with Crippen molar-refractivity contribution < 1.29 is 0 Å². The smallest absolute Gasteiger partial charge is 0.0404 e. The second-order valence-electron chi connectivity index (χ2n) is 6.02. The van der Waals surface area contributed by atoms with E-state index < -0.39 is 0 Å². The average Bonchev–Trinajstić information content (AvgIpc) is 2.52. The van der Waals surface area contributed by atoms with Gasteiger partial charge in [-0.15, -0.1) is 0 Å². The molecular weight excluding hydrogens is 256 g/mol. The van der Waals surface area contributed by atoms with E-state index in [-0.39, 0.29) is 0 Å². The highest BCUT2D eigenvalue weighted by Crippen LogP contribution is 2.12. The van der Waals surface area contributed by atoms with Gasteiger partial charge in [-0.25, -0.2) is 0 Å². The first kappa shape index (κ1) is 18.2. The molecule has 2 nitrogen and oxygen atoms in total. The van der Waals surface area contributed by atoms with Crippen LogP contribution < -0.4 is 5.32 Å². The van der Waals surface area contributed by atoms with Crippen LogP contribution in [0, 0.1) is 0 Å². The maximum atomic E-state index is 4.42. The molecule has 1 rings (SSSR count). The van der Waals surface area contributed by atoms with Gasteiger partial charge in [-0.1, -0.05) is 64.9 Å². The average molecular weight is 290 g/mol. The van der Waals surface area contributed by atoms with Crippen LogP contribution >= 0.6 is 0 Å². The lowest BCUT2D eigenvalue weighted by Crippen LogP contribution is -2.29. The number of nitrogens with zero attached hydrogens (tertiary/aromatic N) is 1. The molecule has 0 fully saturated rings. The number of aromatic nitrogens is 1. The summed E-state index contributed by atoms with van der Waals surface area (Å²) in [5.74, 6) is 0. The number of nitrogens with one attached hydrogen (secondary N) is 1. The Morgan fingerprint density at radius 2 is 1.71 bits per heavy atom. The van der Waals surface area contributed by atoms with E-state index in [0.29, 0.717) is 6.04 Å². The normalized spacial score (nSPS) is 12.5. The summed E-state index contributed by atoms with van der Waals surface area (Å²) in [6.07, 6.45) is 15.3. The van der Waals surface area contributed by atoms with E-state index in [1.807, 2.05) is 12.3 Å². The van der Waals surface area contributed by atoms with E-state index >= 15 is 0 Å². The number of rotatable bonds is 13. The van der Waals surface area contributed by atoms with Crippen molar-refractivity contribution in [1.29, 1.82) is 0 Å². The van der Waals surface area contributed by atoms with Gasteiger partial charge in [-0.2, -0.15) is 0 Å². The Hall–Kier alpha value is -0.890. The van der Waals surface area contributed by atoms with Gasteiger partial charge in [0.2, 0.25) is 0 Å². The third-order valence-corrected chi connectivity index (χ3v) is 4.12. The highest BCUT2D eigenvalue weighted by molar-refractivity contribution is 5.03. The van der Waals surface area contributed by atoms with E-state index in [1.54, 1.807) is 0 Å². The zero-order valence-corrected chi connectivity index (χ0v) is 14.1. The molecule has 0 aliphatic carbocycles. The molecule has 0 bridgehead atoms. The highest BCUT2D eigenvalue weighted by atomic mass is 14.9. The van der Waals surface area contributed by atoms with E-state index in [1.165, 1.54) is 63.5 Å². The molecule has 1 unspecified atom stereocenters. The predicted octanol–water partition coefficient (Wildman–Crippen LogP) is 5.13. The third-order valence-electron chi connectivity index (χ3n) is 4.12. The van der Waals surface area contributed by atoms with Gasteiger partial charge in [0.15, 0.2) is 0 Å². The molecule has 0 aromatic carbocycles. The van der Waals surface area contributed by atoms with Crippen LogP contribution in [0.4, 0.5) is 0 Å². The first-order valence-electron chi connectivity index (χ1n) is 9.00. The van der Waals surface area contributed by atoms with E-state index in [2.05, 4.69) is 36.3 Å². The van der Waals surface area contributed by atoms with Crippen LogP contribution in [0.1, 0.15) is 77.3 Å². The van der Waals surface area contributed by atoms with Crippen LogP contribution in [-0.2, 0) is 6.42 Å². The minimum atomic E-state index is 0.660. The molecule has 1 heterocycles. The summed E-state index contributed by atoms with van der Waals surface area (Å²) in [4.78, 5) is 4.42. The molecule has 0 spiro atoms. The highest BCUT2D eigenvalue weighted by Gasteiger charge is 2.07. The molecule has 1 N–H and O–H groups in total. The monoisotopic (exact) mass is 290 g/mol. The van der Waals surface area contributed by atoms with Crippen molar-refractivity contribution in [2.75, 3.05) is 6.54 Å². The van der Waals surface area contributed by atoms with Gasteiger partial charge in [-0.05, 0) is 37.9 Å². The second-order valence-corrected chi connectivity index (χ2v) is 6.02. The lowest BCUT2D eigenvalue weighted by molar-refractivity contribution is 0.437. The minimum absolute atomic E-state index is 0.660. The van der Waals surface area contributed by atoms with Gasteiger partial charge in [0.05, 0.1) is 0 Å². The van der Waals surface area contributed by atoms with Crippen LogP contribution in [0.2, 0.25) is 0 Å². The Kier molecular flexibility index (Phi) is 11.1. The van der Waals surface area contributed by atoms with Crippen molar-refractivity contribution in [2.45, 2.75) is 84.1 Å². The second kappa shape index (κ2) is 12.8. The van der Waals surface area contributed by atoms with E-state index in [9.17, 15) is 0 Å². The van der Waals surface area contributed by atoms with Crippen LogP contribution in [0.5, 0.6) is 0 Å². The van der Waals surface area contributed by atoms with Crippen molar-refractivity contribution >= 4 is 0 Å². The fourth-order valence-electron chi connectivity index (χ4n) is 2.85. The summed E-state index contributed by atoms with van der Waals surface area (Å²) in [5.41, 5.74) is 1.22. The van der Waals surface area contributed by atoms with Gasteiger partial charge in [0.1, 0.15) is 0 Å². The molecule has 120 valence electrons. The van der Waals surface area contributed by atoms with Crippen LogP contribution in [0.15, 0.2) is 24.4 Å². The van der Waals surface area contributed by atoms with Crippen molar-refractivity contribution in [1.82, 2.24) is 10.3 Å². The number of hydrogen-bond donors (Lipinski definition) is 1. The largest absolute Gasteiger partial charge is 0.314 e. The molecule has 0 amide bonds. The Morgan fingerprint density at radius 3 is 2.38 bits per heavy atom. The van der Waals surface area contributed by atoms with Crippen LogP contribution in [0.25, 0.3) is 0 Å². The maximum absolute atomic E-state index is 4.42. The molecular formula is C19H34N2. The summed E-state index contributed by atoms with van der Waals surface area (Å²) >= 11 is 0. The molecule has 0 aliphatic heterocycles. The van der Waals surface area contributed by atoms with Crippen molar-refractivity contribution in [2.24, 2.45) is 0 Å². The summed E-state index contributed by atoms with van der Waals surface area (Å²) in [5, 5.41) is 3.64. The predicted molar refractivity (Wildman–Crippen MR) is 92.6 cm³/mol. The number of unbranched alkanes of at least 4 members (excludes halogenated alkanes) is 6. The third kappa shape index (κ3) is 9.62. The fourth-order valence-corrected chi connectivity index (χ4v) is 2.85. The standard InChI is InChI=1S/C19H34N2/c1-3-5-6-7-8-9-10-13-18(20-4-2)15-16-19-14-11-12-17-21-19/h11-12,14,17-18,20H,3-10,13,15-16H2,1-2H3. The van der Waals surface area contributed by atoms with Gasteiger partial charge >= 0.3 is 0 Å². The quantitative estimate of drug-likeness (QED) is 0.509. The van der Waals surface area contributed by atoms with Crippen molar-refractivity contribution in [3.05, 3.63) is 30.1 Å². The topological polar surface area (TPSA) is 24.9 Å². The first-order valence-corrected chi connectivity index (χ1v) is 9.00. The van der Waals surface area contributed by atoms with E-state index in [4.69, 9.17) is 0 Å². The van der Waals surface area contributed by atoms with Crippen LogP contribution in [0.3, 0.4) is 0 Å². The zero-order valence-electron chi connectivity index (χ0n) is 14.1. The fraction of sp³-hybridized carbons (Fsp3) is 0.737. The molecule has 0 radical (unpaired) electrons. The molecule has 0 saturated carbocycles. The maximum Gasteiger partial charge on any atom is 0.0404 e.